The normalized spacial score (nSPS) is 17.4. The highest BCUT2D eigenvalue weighted by Gasteiger charge is 2.25. The molecule has 2 rings (SSSR count). The standard InChI is InChI=1S/C17H24O2/c1-17(2,12-16(18)19)15-10-6-9-14(11-15)13-7-4-3-5-8-13/h6,9-11,13H,3-5,7-8,12H2,1-2H3,(H,18,19). The Kier molecular flexibility index (Phi) is 4.28. The van der Waals surface area contributed by atoms with Crippen molar-refractivity contribution in [3.8, 4) is 0 Å². The van der Waals surface area contributed by atoms with E-state index in [1.807, 2.05) is 13.8 Å². The molecule has 1 aromatic carbocycles. The Bertz CT molecular complexity index is 442. The van der Waals surface area contributed by atoms with Crippen molar-refractivity contribution >= 4 is 5.97 Å². The predicted molar refractivity (Wildman–Crippen MR) is 77.5 cm³/mol. The molecule has 1 aliphatic rings. The van der Waals surface area contributed by atoms with Crippen molar-refractivity contribution in [2.24, 2.45) is 0 Å². The van der Waals surface area contributed by atoms with Crippen molar-refractivity contribution in [2.75, 3.05) is 0 Å². The van der Waals surface area contributed by atoms with E-state index in [1.165, 1.54) is 37.7 Å². The maximum Gasteiger partial charge on any atom is 0.304 e. The van der Waals surface area contributed by atoms with Crippen molar-refractivity contribution in [1.82, 2.24) is 0 Å². The van der Waals surface area contributed by atoms with Gasteiger partial charge in [0.05, 0.1) is 6.42 Å². The maximum absolute atomic E-state index is 11.0. The zero-order valence-corrected chi connectivity index (χ0v) is 12.0. The molecule has 0 bridgehead atoms. The Morgan fingerprint density at radius 2 is 1.95 bits per heavy atom. The van der Waals surface area contributed by atoms with Crippen molar-refractivity contribution in [2.45, 2.75) is 63.7 Å². The fraction of sp³-hybridized carbons (Fsp3) is 0.588. The molecule has 1 aliphatic carbocycles. The van der Waals surface area contributed by atoms with Crippen LogP contribution in [-0.2, 0) is 10.2 Å². The molecule has 1 N–H and O–H groups in total. The van der Waals surface area contributed by atoms with E-state index >= 15 is 0 Å². The Hall–Kier alpha value is -1.31. The summed E-state index contributed by atoms with van der Waals surface area (Å²) < 4.78 is 0. The third kappa shape index (κ3) is 3.59. The van der Waals surface area contributed by atoms with Gasteiger partial charge in [-0.1, -0.05) is 57.4 Å². The van der Waals surface area contributed by atoms with Crippen LogP contribution < -0.4 is 0 Å². The molecule has 0 aliphatic heterocycles. The topological polar surface area (TPSA) is 37.3 Å². The summed E-state index contributed by atoms with van der Waals surface area (Å²) in [6.07, 6.45) is 6.76. The monoisotopic (exact) mass is 260 g/mol. The van der Waals surface area contributed by atoms with Gasteiger partial charge in [0.15, 0.2) is 0 Å². The van der Waals surface area contributed by atoms with Crippen LogP contribution in [0.25, 0.3) is 0 Å². The van der Waals surface area contributed by atoms with Gasteiger partial charge in [-0.15, -0.1) is 0 Å². The van der Waals surface area contributed by atoms with Crippen LogP contribution in [0.2, 0.25) is 0 Å². The molecule has 0 spiro atoms. The SMILES string of the molecule is CC(C)(CC(=O)O)c1cccc(C2CCCCC2)c1. The Balaban J connectivity index is 2.20. The number of carboxylic acid groups (broad SMARTS) is 1. The van der Waals surface area contributed by atoms with E-state index in [0.717, 1.165) is 5.56 Å². The van der Waals surface area contributed by atoms with Gasteiger partial charge in [0.25, 0.3) is 0 Å². The van der Waals surface area contributed by atoms with Crippen LogP contribution in [0.3, 0.4) is 0 Å². The summed E-state index contributed by atoms with van der Waals surface area (Å²) >= 11 is 0. The van der Waals surface area contributed by atoms with Gasteiger partial charge < -0.3 is 5.11 Å². The highest BCUT2D eigenvalue weighted by molar-refractivity contribution is 5.68. The molecule has 0 saturated heterocycles. The largest absolute Gasteiger partial charge is 0.481 e. The maximum atomic E-state index is 11.0. The minimum Gasteiger partial charge on any atom is -0.481 e. The minimum atomic E-state index is -0.729. The number of benzene rings is 1. The number of hydrogen-bond donors (Lipinski definition) is 1. The second-order valence-corrected chi connectivity index (χ2v) is 6.41. The van der Waals surface area contributed by atoms with Gasteiger partial charge in [-0.2, -0.15) is 0 Å². The first-order valence-corrected chi connectivity index (χ1v) is 7.31. The van der Waals surface area contributed by atoms with Crippen LogP contribution in [0.15, 0.2) is 24.3 Å². The fourth-order valence-corrected chi connectivity index (χ4v) is 3.13. The quantitative estimate of drug-likeness (QED) is 0.866. The van der Waals surface area contributed by atoms with E-state index in [2.05, 4.69) is 24.3 Å². The van der Waals surface area contributed by atoms with Crippen molar-refractivity contribution in [3.63, 3.8) is 0 Å². The molecule has 0 aromatic heterocycles. The lowest BCUT2D eigenvalue weighted by atomic mass is 9.78. The van der Waals surface area contributed by atoms with Crippen molar-refractivity contribution in [3.05, 3.63) is 35.4 Å². The summed E-state index contributed by atoms with van der Waals surface area (Å²) in [5, 5.41) is 9.03. The fourth-order valence-electron chi connectivity index (χ4n) is 3.13. The lowest BCUT2D eigenvalue weighted by molar-refractivity contribution is -0.138. The van der Waals surface area contributed by atoms with Crippen molar-refractivity contribution < 1.29 is 9.90 Å². The number of aliphatic carboxylic acids is 1. The third-order valence-corrected chi connectivity index (χ3v) is 4.34. The Morgan fingerprint density at radius 3 is 2.58 bits per heavy atom. The van der Waals surface area contributed by atoms with Crippen LogP contribution >= 0.6 is 0 Å². The summed E-state index contributed by atoms with van der Waals surface area (Å²) in [5.41, 5.74) is 2.25. The second kappa shape index (κ2) is 5.77. The van der Waals surface area contributed by atoms with Crippen molar-refractivity contribution in [1.29, 1.82) is 0 Å². The van der Waals surface area contributed by atoms with E-state index < -0.39 is 5.97 Å². The van der Waals surface area contributed by atoms with Crippen LogP contribution in [0.4, 0.5) is 0 Å². The van der Waals surface area contributed by atoms with Gasteiger partial charge in [-0.3, -0.25) is 4.79 Å². The van der Waals surface area contributed by atoms with E-state index in [-0.39, 0.29) is 11.8 Å². The zero-order valence-electron chi connectivity index (χ0n) is 12.0. The molecule has 1 aromatic rings. The predicted octanol–water partition coefficient (Wildman–Crippen LogP) is 4.49. The highest BCUT2D eigenvalue weighted by Crippen LogP contribution is 2.35. The molecule has 104 valence electrons. The van der Waals surface area contributed by atoms with Crippen LogP contribution in [0.1, 0.15) is 69.4 Å². The molecule has 0 radical (unpaired) electrons. The summed E-state index contributed by atoms with van der Waals surface area (Å²) in [7, 11) is 0. The summed E-state index contributed by atoms with van der Waals surface area (Å²) in [6, 6.07) is 8.59. The van der Waals surface area contributed by atoms with E-state index in [9.17, 15) is 4.79 Å². The van der Waals surface area contributed by atoms with E-state index in [1.54, 1.807) is 0 Å². The lowest BCUT2D eigenvalue weighted by Crippen LogP contribution is -2.22. The summed E-state index contributed by atoms with van der Waals surface area (Å²) in [6.45, 7) is 4.03. The van der Waals surface area contributed by atoms with Gasteiger partial charge in [0, 0.05) is 5.41 Å². The van der Waals surface area contributed by atoms with Gasteiger partial charge in [-0.25, -0.2) is 0 Å². The number of carboxylic acids is 1. The molecule has 1 fully saturated rings. The number of carbonyl (C=O) groups is 1. The van der Waals surface area contributed by atoms with Gasteiger partial charge in [0.2, 0.25) is 0 Å². The molecule has 2 heteroatoms. The number of rotatable bonds is 4. The molecule has 1 saturated carbocycles. The molecule has 0 atom stereocenters. The van der Waals surface area contributed by atoms with E-state index in [4.69, 9.17) is 5.11 Å². The molecular weight excluding hydrogens is 236 g/mol. The third-order valence-electron chi connectivity index (χ3n) is 4.34. The molecule has 0 amide bonds. The Morgan fingerprint density at radius 1 is 1.26 bits per heavy atom. The average Bonchev–Trinajstić information content (AvgIpc) is 2.38. The second-order valence-electron chi connectivity index (χ2n) is 6.41. The molecule has 2 nitrogen and oxygen atoms in total. The zero-order chi connectivity index (χ0) is 13.9. The molecular formula is C17H24O2. The first-order valence-electron chi connectivity index (χ1n) is 7.31. The summed E-state index contributed by atoms with van der Waals surface area (Å²) in [4.78, 5) is 11.0. The van der Waals surface area contributed by atoms with Crippen LogP contribution in [0, 0.1) is 0 Å². The summed E-state index contributed by atoms with van der Waals surface area (Å²) in [5.74, 6) is -0.0533. The Labute approximate surface area is 115 Å². The average molecular weight is 260 g/mol. The van der Waals surface area contributed by atoms with Gasteiger partial charge in [-0.05, 0) is 29.9 Å². The van der Waals surface area contributed by atoms with Gasteiger partial charge >= 0.3 is 5.97 Å². The van der Waals surface area contributed by atoms with Gasteiger partial charge in [0.1, 0.15) is 0 Å². The first-order chi connectivity index (χ1) is 8.99. The van der Waals surface area contributed by atoms with E-state index in [0.29, 0.717) is 5.92 Å². The minimum absolute atomic E-state index is 0.182. The first kappa shape index (κ1) is 14.1. The van der Waals surface area contributed by atoms with Crippen LogP contribution in [-0.4, -0.2) is 11.1 Å². The molecule has 19 heavy (non-hydrogen) atoms. The van der Waals surface area contributed by atoms with Crippen LogP contribution in [0.5, 0.6) is 0 Å². The smallest absolute Gasteiger partial charge is 0.304 e. The molecule has 0 unspecified atom stereocenters. The number of hydrogen-bond acceptors (Lipinski definition) is 1. The highest BCUT2D eigenvalue weighted by atomic mass is 16.4. The lowest BCUT2D eigenvalue weighted by Gasteiger charge is -2.27. The molecule has 0 heterocycles.